The predicted molar refractivity (Wildman–Crippen MR) is 130 cm³/mol. The van der Waals surface area contributed by atoms with Gasteiger partial charge < -0.3 is 9.26 Å². The van der Waals surface area contributed by atoms with Crippen molar-refractivity contribution in [3.63, 3.8) is 0 Å². The summed E-state index contributed by atoms with van der Waals surface area (Å²) in [5.41, 5.74) is 3.93. The highest BCUT2D eigenvalue weighted by molar-refractivity contribution is 6.30. The normalized spacial score (nSPS) is 15.0. The molecule has 0 amide bonds. The summed E-state index contributed by atoms with van der Waals surface area (Å²) in [5, 5.41) is 9.49. The van der Waals surface area contributed by atoms with Gasteiger partial charge in [0.15, 0.2) is 0 Å². The molecule has 0 spiro atoms. The first-order chi connectivity index (χ1) is 16.6. The smallest absolute Gasteiger partial charge is 0.241 e. The summed E-state index contributed by atoms with van der Waals surface area (Å²) in [5.74, 6) is 2.02. The van der Waals surface area contributed by atoms with E-state index in [4.69, 9.17) is 20.9 Å². The molecule has 0 radical (unpaired) electrons. The van der Waals surface area contributed by atoms with Crippen LogP contribution in [0.15, 0.2) is 59.1 Å². The minimum absolute atomic E-state index is 0.594. The fourth-order valence-corrected chi connectivity index (χ4v) is 4.48. The average molecular weight is 479 g/mol. The van der Waals surface area contributed by atoms with Crippen LogP contribution in [-0.4, -0.2) is 63.0 Å². The first kappa shape index (κ1) is 22.6. The van der Waals surface area contributed by atoms with E-state index in [1.54, 1.807) is 7.11 Å². The van der Waals surface area contributed by atoms with Crippen molar-refractivity contribution in [2.24, 2.45) is 0 Å². The van der Waals surface area contributed by atoms with Gasteiger partial charge in [-0.15, -0.1) is 0 Å². The van der Waals surface area contributed by atoms with E-state index in [0.29, 0.717) is 23.4 Å². The Kier molecular flexibility index (Phi) is 6.62. The number of hydrogen-bond acceptors (Lipinski definition) is 7. The van der Waals surface area contributed by atoms with Gasteiger partial charge in [-0.05, 0) is 43.3 Å². The van der Waals surface area contributed by atoms with Crippen molar-refractivity contribution < 1.29 is 9.26 Å². The van der Waals surface area contributed by atoms with Gasteiger partial charge in [-0.2, -0.15) is 10.1 Å². The van der Waals surface area contributed by atoms with Crippen molar-refractivity contribution in [1.29, 1.82) is 0 Å². The van der Waals surface area contributed by atoms with Crippen LogP contribution in [0.2, 0.25) is 5.15 Å². The number of para-hydroxylation sites is 1. The first-order valence-electron chi connectivity index (χ1n) is 11.3. The number of benzene rings is 2. The Morgan fingerprint density at radius 3 is 2.29 bits per heavy atom. The van der Waals surface area contributed by atoms with Crippen LogP contribution in [0.4, 0.5) is 0 Å². The van der Waals surface area contributed by atoms with Crippen molar-refractivity contribution in [1.82, 2.24) is 29.7 Å². The topological polar surface area (TPSA) is 72.5 Å². The summed E-state index contributed by atoms with van der Waals surface area (Å²) in [4.78, 5) is 9.32. The van der Waals surface area contributed by atoms with E-state index in [1.807, 2.05) is 66.2 Å². The van der Waals surface area contributed by atoms with Crippen molar-refractivity contribution >= 4 is 11.6 Å². The highest BCUT2D eigenvalue weighted by Gasteiger charge is 2.23. The molecule has 0 bridgehead atoms. The number of methoxy groups -OCH3 is 1. The van der Waals surface area contributed by atoms with Crippen LogP contribution >= 0.6 is 11.6 Å². The second kappa shape index (κ2) is 9.97. The van der Waals surface area contributed by atoms with E-state index in [9.17, 15) is 0 Å². The summed E-state index contributed by atoms with van der Waals surface area (Å²) in [6.07, 6.45) is 0. The molecule has 2 aromatic heterocycles. The van der Waals surface area contributed by atoms with Crippen LogP contribution in [0.1, 0.15) is 17.1 Å². The van der Waals surface area contributed by atoms with E-state index in [-0.39, 0.29) is 0 Å². The molecule has 0 saturated carbocycles. The first-order valence-corrected chi connectivity index (χ1v) is 11.7. The molecule has 1 aliphatic rings. The largest absolute Gasteiger partial charge is 0.497 e. The third kappa shape index (κ3) is 4.84. The Hall–Kier alpha value is -3.20. The average Bonchev–Trinajstić information content (AvgIpc) is 3.45. The lowest BCUT2D eigenvalue weighted by molar-refractivity contribution is 0.112. The maximum absolute atomic E-state index is 6.72. The lowest BCUT2D eigenvalue weighted by Gasteiger charge is -2.33. The molecule has 34 heavy (non-hydrogen) atoms. The molecule has 1 saturated heterocycles. The van der Waals surface area contributed by atoms with E-state index in [1.165, 1.54) is 0 Å². The maximum atomic E-state index is 6.72. The number of ether oxygens (including phenoxy) is 1. The molecule has 0 unspecified atom stereocenters. The summed E-state index contributed by atoms with van der Waals surface area (Å²) >= 11 is 6.72. The SMILES string of the molecule is COc1ccc(-c2noc(CN3CCN(Cc4c(C)nn(-c5ccccc5)c4Cl)CC3)n2)cc1. The Morgan fingerprint density at radius 2 is 1.62 bits per heavy atom. The Labute approximate surface area is 203 Å². The molecule has 2 aromatic carbocycles. The predicted octanol–water partition coefficient (Wildman–Crippen LogP) is 4.21. The molecule has 8 nitrogen and oxygen atoms in total. The van der Waals surface area contributed by atoms with Crippen molar-refractivity contribution in [3.8, 4) is 22.8 Å². The number of rotatable bonds is 7. The molecule has 5 rings (SSSR count). The Bertz CT molecular complexity index is 1230. The van der Waals surface area contributed by atoms with Gasteiger partial charge in [0.05, 0.1) is 25.0 Å². The number of hydrogen-bond donors (Lipinski definition) is 0. The number of halogens is 1. The molecule has 1 fully saturated rings. The summed E-state index contributed by atoms with van der Waals surface area (Å²) in [7, 11) is 1.65. The molecule has 3 heterocycles. The van der Waals surface area contributed by atoms with Gasteiger partial charge in [0.1, 0.15) is 10.9 Å². The summed E-state index contributed by atoms with van der Waals surface area (Å²) < 4.78 is 12.5. The van der Waals surface area contributed by atoms with Gasteiger partial charge in [0.2, 0.25) is 11.7 Å². The quantitative estimate of drug-likeness (QED) is 0.394. The maximum Gasteiger partial charge on any atom is 0.241 e. The third-order valence-electron chi connectivity index (χ3n) is 6.14. The monoisotopic (exact) mass is 478 g/mol. The van der Waals surface area contributed by atoms with E-state index < -0.39 is 0 Å². The molecular formula is C25H27ClN6O2. The number of aromatic nitrogens is 4. The summed E-state index contributed by atoms with van der Waals surface area (Å²) in [6.45, 7) is 7.16. The van der Waals surface area contributed by atoms with Gasteiger partial charge in [-0.25, -0.2) is 4.68 Å². The van der Waals surface area contributed by atoms with Crippen LogP contribution in [0, 0.1) is 6.92 Å². The van der Waals surface area contributed by atoms with E-state index in [0.717, 1.165) is 61.0 Å². The third-order valence-corrected chi connectivity index (χ3v) is 6.53. The number of aryl methyl sites for hydroxylation is 1. The second-order valence-electron chi connectivity index (χ2n) is 8.39. The highest BCUT2D eigenvalue weighted by Crippen LogP contribution is 2.25. The van der Waals surface area contributed by atoms with Crippen LogP contribution in [0.5, 0.6) is 5.75 Å². The van der Waals surface area contributed by atoms with Crippen molar-refractivity contribution in [3.05, 3.63) is 76.9 Å². The molecular weight excluding hydrogens is 452 g/mol. The zero-order valence-corrected chi connectivity index (χ0v) is 20.1. The van der Waals surface area contributed by atoms with Crippen molar-refractivity contribution in [2.75, 3.05) is 33.3 Å². The zero-order chi connectivity index (χ0) is 23.5. The lowest BCUT2D eigenvalue weighted by Crippen LogP contribution is -2.45. The van der Waals surface area contributed by atoms with Crippen LogP contribution in [0.3, 0.4) is 0 Å². The fraction of sp³-hybridized carbons (Fsp3) is 0.320. The van der Waals surface area contributed by atoms with E-state index in [2.05, 4.69) is 25.0 Å². The summed E-state index contributed by atoms with van der Waals surface area (Å²) in [6, 6.07) is 17.6. The number of nitrogens with zero attached hydrogens (tertiary/aromatic N) is 6. The van der Waals surface area contributed by atoms with Gasteiger partial charge >= 0.3 is 0 Å². The van der Waals surface area contributed by atoms with Crippen LogP contribution < -0.4 is 4.74 Å². The molecule has 0 aliphatic carbocycles. The van der Waals surface area contributed by atoms with Gasteiger partial charge in [0, 0.05) is 43.9 Å². The van der Waals surface area contributed by atoms with Crippen LogP contribution in [-0.2, 0) is 13.1 Å². The minimum atomic E-state index is 0.594. The molecule has 0 N–H and O–H groups in total. The number of piperazine rings is 1. The van der Waals surface area contributed by atoms with Gasteiger partial charge in [0.25, 0.3) is 0 Å². The Balaban J connectivity index is 1.17. The molecule has 1 aliphatic heterocycles. The standard InChI is InChI=1S/C25H27ClN6O2/c1-18-22(24(26)32(28-18)20-6-4-3-5-7-20)16-30-12-14-31(15-13-30)17-23-27-25(29-34-23)19-8-10-21(33-2)11-9-19/h3-11H,12-17H2,1-2H3. The van der Waals surface area contributed by atoms with Gasteiger partial charge in [-0.1, -0.05) is 35.0 Å². The molecule has 9 heteroatoms. The molecule has 176 valence electrons. The Morgan fingerprint density at radius 1 is 0.941 bits per heavy atom. The second-order valence-corrected chi connectivity index (χ2v) is 8.75. The van der Waals surface area contributed by atoms with Gasteiger partial charge in [-0.3, -0.25) is 9.80 Å². The van der Waals surface area contributed by atoms with E-state index >= 15 is 0 Å². The highest BCUT2D eigenvalue weighted by atomic mass is 35.5. The fourth-order valence-electron chi connectivity index (χ4n) is 4.15. The molecule has 4 aromatic rings. The minimum Gasteiger partial charge on any atom is -0.497 e. The molecule has 0 atom stereocenters. The lowest BCUT2D eigenvalue weighted by atomic mass is 10.2. The zero-order valence-electron chi connectivity index (χ0n) is 19.3. The van der Waals surface area contributed by atoms with Crippen molar-refractivity contribution in [2.45, 2.75) is 20.0 Å². The van der Waals surface area contributed by atoms with Crippen LogP contribution in [0.25, 0.3) is 17.1 Å².